The Morgan fingerprint density at radius 2 is 1.88 bits per heavy atom. The normalized spacial score (nSPS) is 53.4. The lowest BCUT2D eigenvalue weighted by Crippen LogP contribution is -2.69. The Morgan fingerprint density at radius 3 is 2.54 bits per heavy atom. The zero-order valence-electron chi connectivity index (χ0n) is 15.8. The van der Waals surface area contributed by atoms with Crippen molar-refractivity contribution in [1.82, 2.24) is 0 Å². The first-order chi connectivity index (χ1) is 12.0. The lowest BCUT2D eigenvalue weighted by atomic mass is 9.44. The number of fused-ring (bicyclic) bond motifs is 5. The predicted molar refractivity (Wildman–Crippen MR) is 94.1 cm³/mol. The molecule has 4 unspecified atom stereocenters. The van der Waals surface area contributed by atoms with Crippen molar-refractivity contribution in [2.75, 3.05) is 0 Å². The number of alkyl halides is 1. The molecule has 4 aliphatic rings. The summed E-state index contributed by atoms with van der Waals surface area (Å²) in [5.74, 6) is -0.783. The Bertz CT molecular complexity index is 717. The smallest absolute Gasteiger partial charge is 0.161 e. The van der Waals surface area contributed by atoms with Gasteiger partial charge in [0.05, 0.1) is 6.10 Å². The molecule has 5 heteroatoms. The van der Waals surface area contributed by atoms with Crippen LogP contribution in [-0.2, 0) is 9.59 Å². The summed E-state index contributed by atoms with van der Waals surface area (Å²) in [4.78, 5) is 24.1. The molecule has 7 atom stereocenters. The number of hydrogen-bond acceptors (Lipinski definition) is 4. The highest BCUT2D eigenvalue weighted by molar-refractivity contribution is 5.91. The van der Waals surface area contributed by atoms with Gasteiger partial charge in [0, 0.05) is 23.2 Å². The number of aliphatic hydroxyl groups excluding tert-OH is 1. The molecule has 26 heavy (non-hydrogen) atoms. The molecule has 0 bridgehead atoms. The molecule has 0 amide bonds. The van der Waals surface area contributed by atoms with E-state index in [4.69, 9.17) is 0 Å². The van der Waals surface area contributed by atoms with Crippen LogP contribution in [0.3, 0.4) is 0 Å². The fourth-order valence-corrected chi connectivity index (χ4v) is 7.15. The Hall–Kier alpha value is -1.07. The van der Waals surface area contributed by atoms with Crippen molar-refractivity contribution in [3.05, 3.63) is 11.6 Å². The minimum atomic E-state index is -1.82. The first kappa shape index (κ1) is 18.3. The number of carbonyl (C=O) groups excluding carboxylic acids is 2. The topological polar surface area (TPSA) is 74.6 Å². The SMILES string of the molecule is CC(=O)[C@@]1(O)CCC2C3CCC4=CC(=O)CCC4(C)[C@@]3(F)[C@@H](O)CC21C. The Labute approximate surface area is 153 Å². The lowest BCUT2D eigenvalue weighted by Gasteiger charge is -2.63. The molecule has 4 rings (SSSR count). The van der Waals surface area contributed by atoms with E-state index in [2.05, 4.69) is 0 Å². The van der Waals surface area contributed by atoms with Gasteiger partial charge in [-0.2, -0.15) is 0 Å². The van der Waals surface area contributed by atoms with Crippen molar-refractivity contribution in [2.24, 2.45) is 22.7 Å². The van der Waals surface area contributed by atoms with E-state index in [-0.39, 0.29) is 23.9 Å². The molecule has 2 N–H and O–H groups in total. The number of rotatable bonds is 1. The second-order valence-electron chi connectivity index (χ2n) is 9.58. The molecule has 3 saturated carbocycles. The monoisotopic (exact) mass is 364 g/mol. The highest BCUT2D eigenvalue weighted by Gasteiger charge is 2.73. The minimum absolute atomic E-state index is 0.0430. The molecule has 3 fully saturated rings. The summed E-state index contributed by atoms with van der Waals surface area (Å²) >= 11 is 0. The minimum Gasteiger partial charge on any atom is -0.390 e. The van der Waals surface area contributed by atoms with Crippen LogP contribution in [0.25, 0.3) is 0 Å². The third-order valence-electron chi connectivity index (χ3n) is 8.78. The molecule has 144 valence electrons. The average molecular weight is 364 g/mol. The molecule has 0 spiro atoms. The van der Waals surface area contributed by atoms with E-state index in [1.54, 1.807) is 6.08 Å². The summed E-state index contributed by atoms with van der Waals surface area (Å²) in [5, 5.41) is 22.2. The Kier molecular flexibility index (Phi) is 3.70. The number of carbonyl (C=O) groups is 2. The van der Waals surface area contributed by atoms with Crippen LogP contribution in [0.2, 0.25) is 0 Å². The predicted octanol–water partition coefficient (Wildman–Crippen LogP) is 2.90. The van der Waals surface area contributed by atoms with Crippen LogP contribution >= 0.6 is 0 Å². The van der Waals surface area contributed by atoms with Crippen molar-refractivity contribution in [2.45, 2.75) is 83.1 Å². The Morgan fingerprint density at radius 1 is 1.19 bits per heavy atom. The van der Waals surface area contributed by atoms with Crippen LogP contribution in [0.1, 0.15) is 65.7 Å². The highest BCUT2D eigenvalue weighted by atomic mass is 19.1. The fourth-order valence-electron chi connectivity index (χ4n) is 7.15. The summed E-state index contributed by atoms with van der Waals surface area (Å²) in [6.45, 7) is 5.11. The van der Waals surface area contributed by atoms with E-state index in [1.807, 2.05) is 13.8 Å². The fraction of sp³-hybridized carbons (Fsp3) is 0.810. The van der Waals surface area contributed by atoms with E-state index >= 15 is 4.39 Å². The molecular weight excluding hydrogens is 335 g/mol. The number of hydrogen-bond donors (Lipinski definition) is 2. The van der Waals surface area contributed by atoms with E-state index in [0.29, 0.717) is 38.5 Å². The molecule has 0 aromatic rings. The van der Waals surface area contributed by atoms with Gasteiger partial charge in [0.1, 0.15) is 11.3 Å². The Balaban J connectivity index is 1.82. The van der Waals surface area contributed by atoms with Crippen LogP contribution in [0.15, 0.2) is 11.6 Å². The summed E-state index contributed by atoms with van der Waals surface area (Å²) in [6.07, 6.45) is 3.29. The number of ketones is 2. The van der Waals surface area contributed by atoms with E-state index in [9.17, 15) is 19.8 Å². The van der Waals surface area contributed by atoms with Gasteiger partial charge in [-0.3, -0.25) is 9.59 Å². The zero-order valence-corrected chi connectivity index (χ0v) is 15.8. The van der Waals surface area contributed by atoms with Crippen LogP contribution in [0, 0.1) is 22.7 Å². The number of halogens is 1. The number of Topliss-reactive ketones (excluding diaryl/α,β-unsaturated/α-hetero) is 1. The standard InChI is InChI=1S/C21H29FO4/c1-12(23)20(26)9-7-15-16-5-4-13-10-14(24)6-8-18(13,2)21(16,22)17(25)11-19(15,20)3/h10,15-17,25-26H,4-9,11H2,1-3H3/t15?,16?,17-,18?,19?,20-,21-/m0/s1. The van der Waals surface area contributed by atoms with Gasteiger partial charge in [0.15, 0.2) is 11.6 Å². The van der Waals surface area contributed by atoms with E-state index in [0.717, 1.165) is 5.57 Å². The van der Waals surface area contributed by atoms with E-state index < -0.39 is 34.1 Å². The van der Waals surface area contributed by atoms with Crippen molar-refractivity contribution in [3.63, 3.8) is 0 Å². The van der Waals surface area contributed by atoms with Crippen LogP contribution < -0.4 is 0 Å². The zero-order chi connectivity index (χ0) is 19.1. The molecular formula is C21H29FO4. The molecule has 0 aliphatic heterocycles. The van der Waals surface area contributed by atoms with Gasteiger partial charge in [-0.25, -0.2) is 4.39 Å². The van der Waals surface area contributed by atoms with Crippen LogP contribution in [-0.4, -0.2) is 39.2 Å². The maximum atomic E-state index is 16.8. The molecule has 0 saturated heterocycles. The second-order valence-corrected chi connectivity index (χ2v) is 9.58. The first-order valence-electron chi connectivity index (χ1n) is 9.85. The summed E-state index contributed by atoms with van der Waals surface area (Å²) in [5.41, 5.74) is -4.12. The molecule has 0 radical (unpaired) electrons. The van der Waals surface area contributed by atoms with Gasteiger partial charge in [-0.1, -0.05) is 19.4 Å². The second kappa shape index (κ2) is 5.26. The first-order valence-corrected chi connectivity index (χ1v) is 9.85. The van der Waals surface area contributed by atoms with Crippen molar-refractivity contribution in [1.29, 1.82) is 0 Å². The number of allylic oxidation sites excluding steroid dienone is 1. The van der Waals surface area contributed by atoms with Crippen LogP contribution in [0.5, 0.6) is 0 Å². The third kappa shape index (κ3) is 1.86. The largest absolute Gasteiger partial charge is 0.390 e. The molecule has 0 aromatic carbocycles. The van der Waals surface area contributed by atoms with Gasteiger partial charge >= 0.3 is 0 Å². The van der Waals surface area contributed by atoms with Crippen molar-refractivity contribution in [3.8, 4) is 0 Å². The van der Waals surface area contributed by atoms with Gasteiger partial charge < -0.3 is 10.2 Å². The molecule has 0 aromatic heterocycles. The van der Waals surface area contributed by atoms with Crippen molar-refractivity contribution >= 4 is 11.6 Å². The summed E-state index contributed by atoms with van der Waals surface area (Å²) in [7, 11) is 0. The van der Waals surface area contributed by atoms with Crippen LogP contribution in [0.4, 0.5) is 4.39 Å². The molecule has 4 aliphatic carbocycles. The van der Waals surface area contributed by atoms with Gasteiger partial charge in [0.25, 0.3) is 0 Å². The summed E-state index contributed by atoms with van der Waals surface area (Å²) < 4.78 is 16.8. The number of aliphatic hydroxyl groups is 2. The third-order valence-corrected chi connectivity index (χ3v) is 8.78. The van der Waals surface area contributed by atoms with Gasteiger partial charge in [-0.05, 0) is 57.4 Å². The van der Waals surface area contributed by atoms with Gasteiger partial charge in [0.2, 0.25) is 0 Å². The molecule has 0 heterocycles. The molecule has 4 nitrogen and oxygen atoms in total. The maximum absolute atomic E-state index is 16.8. The average Bonchev–Trinajstić information content (AvgIpc) is 2.83. The maximum Gasteiger partial charge on any atom is 0.161 e. The van der Waals surface area contributed by atoms with E-state index in [1.165, 1.54) is 6.92 Å². The summed E-state index contributed by atoms with van der Waals surface area (Å²) in [6, 6.07) is 0. The lowest BCUT2D eigenvalue weighted by molar-refractivity contribution is -0.225. The van der Waals surface area contributed by atoms with Gasteiger partial charge in [-0.15, -0.1) is 0 Å². The quantitative estimate of drug-likeness (QED) is 0.750. The highest BCUT2D eigenvalue weighted by Crippen LogP contribution is 2.70. The van der Waals surface area contributed by atoms with Crippen molar-refractivity contribution < 1.29 is 24.2 Å².